The molecule has 0 radical (unpaired) electrons. The molecule has 3 saturated heterocycles. The van der Waals surface area contributed by atoms with E-state index in [4.69, 9.17) is 9.47 Å². The van der Waals surface area contributed by atoms with E-state index < -0.39 is 41.1 Å². The maximum absolute atomic E-state index is 14.7. The van der Waals surface area contributed by atoms with Gasteiger partial charge in [-0.15, -0.1) is 18.3 Å². The van der Waals surface area contributed by atoms with Gasteiger partial charge in [0.1, 0.15) is 29.7 Å². The third-order valence-electron chi connectivity index (χ3n) is 9.36. The van der Waals surface area contributed by atoms with Crippen molar-refractivity contribution >= 4 is 28.8 Å². The highest BCUT2D eigenvalue weighted by atomic mass is 16.6. The molecule has 3 aliphatic rings. The van der Waals surface area contributed by atoms with E-state index in [9.17, 15) is 19.5 Å². The number of para-hydroxylation sites is 1. The van der Waals surface area contributed by atoms with Gasteiger partial charge in [-0.2, -0.15) is 0 Å². The van der Waals surface area contributed by atoms with Gasteiger partial charge in [-0.1, -0.05) is 43.3 Å². The molecule has 0 aliphatic carbocycles. The summed E-state index contributed by atoms with van der Waals surface area (Å²) in [5.74, 6) is -2.88. The highest BCUT2D eigenvalue weighted by Gasteiger charge is 2.79. The molecule has 42 heavy (non-hydrogen) atoms. The summed E-state index contributed by atoms with van der Waals surface area (Å²) in [6, 6.07) is 5.82. The lowest BCUT2D eigenvalue weighted by Gasteiger charge is -2.39. The van der Waals surface area contributed by atoms with Gasteiger partial charge >= 0.3 is 5.97 Å². The number of aliphatic hydroxyl groups excluding tert-OH is 1. The highest BCUT2D eigenvalue weighted by Crippen LogP contribution is 2.65. The van der Waals surface area contributed by atoms with Gasteiger partial charge in [0.05, 0.1) is 36.3 Å². The van der Waals surface area contributed by atoms with Crippen molar-refractivity contribution in [1.82, 2.24) is 24.8 Å². The van der Waals surface area contributed by atoms with E-state index in [0.29, 0.717) is 44.0 Å². The Bertz CT molecular complexity index is 1360. The average molecular weight is 580 g/mol. The third kappa shape index (κ3) is 4.63. The van der Waals surface area contributed by atoms with Crippen molar-refractivity contribution in [3.05, 3.63) is 49.6 Å². The lowest BCUT2D eigenvalue weighted by atomic mass is 9.65. The van der Waals surface area contributed by atoms with Gasteiger partial charge < -0.3 is 24.4 Å². The molecule has 3 aliphatic heterocycles. The van der Waals surface area contributed by atoms with Crippen LogP contribution < -0.4 is 0 Å². The molecule has 5 rings (SSSR count). The van der Waals surface area contributed by atoms with E-state index in [1.54, 1.807) is 21.7 Å². The number of hydrogen-bond acceptors (Lipinski definition) is 8. The van der Waals surface area contributed by atoms with Crippen LogP contribution in [0.5, 0.6) is 0 Å². The van der Waals surface area contributed by atoms with Gasteiger partial charge in [-0.3, -0.25) is 14.4 Å². The van der Waals surface area contributed by atoms with Crippen LogP contribution in [-0.4, -0.2) is 90.7 Å². The van der Waals surface area contributed by atoms with Gasteiger partial charge in [0, 0.05) is 6.54 Å². The van der Waals surface area contributed by atoms with Crippen LogP contribution in [0.15, 0.2) is 49.6 Å². The zero-order valence-corrected chi connectivity index (χ0v) is 24.5. The molecule has 0 saturated carbocycles. The van der Waals surface area contributed by atoms with Crippen LogP contribution in [0.1, 0.15) is 52.4 Å². The van der Waals surface area contributed by atoms with E-state index in [0.717, 1.165) is 5.52 Å². The second-order valence-electron chi connectivity index (χ2n) is 11.5. The molecule has 3 fully saturated rings. The molecule has 1 aromatic heterocycles. The van der Waals surface area contributed by atoms with Gasteiger partial charge in [0.15, 0.2) is 0 Å². The van der Waals surface area contributed by atoms with Crippen LogP contribution in [0.4, 0.5) is 0 Å². The largest absolute Gasteiger partial charge is 0.465 e. The number of amides is 2. The fraction of sp³-hybridized carbons (Fsp3) is 0.581. The Labute approximate surface area is 246 Å². The number of aliphatic hydroxyl groups is 1. The number of hydrogen-bond donors (Lipinski definition) is 1. The number of aromatic nitrogens is 3. The van der Waals surface area contributed by atoms with E-state index in [-0.39, 0.29) is 38.2 Å². The first-order chi connectivity index (χ1) is 20.3. The Morgan fingerprint density at radius 3 is 2.74 bits per heavy atom. The smallest absolute Gasteiger partial charge is 0.312 e. The van der Waals surface area contributed by atoms with E-state index >= 15 is 0 Å². The Hall–Kier alpha value is -3.57. The molecule has 11 nitrogen and oxygen atoms in total. The molecule has 2 amide bonds. The predicted octanol–water partition coefficient (Wildman–Crippen LogP) is 2.84. The molecular weight excluding hydrogens is 538 g/mol. The first-order valence-electron chi connectivity index (χ1n) is 14.9. The van der Waals surface area contributed by atoms with Gasteiger partial charge in [0.2, 0.25) is 11.8 Å². The molecule has 2 unspecified atom stereocenters. The maximum Gasteiger partial charge on any atom is 0.312 e. The summed E-state index contributed by atoms with van der Waals surface area (Å²) in [5.41, 5.74) is -0.657. The summed E-state index contributed by atoms with van der Waals surface area (Å²) >= 11 is 0. The molecule has 11 heteroatoms. The van der Waals surface area contributed by atoms with E-state index in [2.05, 4.69) is 23.5 Å². The number of esters is 1. The highest BCUT2D eigenvalue weighted by molar-refractivity contribution is 5.98. The maximum atomic E-state index is 14.7. The number of carbonyl (C=O) groups excluding carboxylic acids is 3. The first-order valence-corrected chi connectivity index (χ1v) is 14.9. The van der Waals surface area contributed by atoms with Crippen molar-refractivity contribution in [3.63, 3.8) is 0 Å². The fourth-order valence-corrected chi connectivity index (χ4v) is 7.32. The van der Waals surface area contributed by atoms with Crippen molar-refractivity contribution in [2.45, 2.75) is 82.3 Å². The SMILES string of the molecule is C=CCCCOC(=O)[C@@H]1[C@H]2C(=O)N([C@@H](CC)CO)C(C(=O)N(CC=C)Cn3nnc4ccccc43)C23CC[C@@]1(CC)O3. The number of fused-ring (bicyclic) bond motifs is 2. The fourth-order valence-electron chi connectivity index (χ4n) is 7.32. The molecule has 2 bridgehead atoms. The molecule has 1 spiro atoms. The minimum atomic E-state index is -1.22. The second-order valence-corrected chi connectivity index (χ2v) is 11.5. The lowest BCUT2D eigenvalue weighted by Crippen LogP contribution is -2.59. The predicted molar refractivity (Wildman–Crippen MR) is 155 cm³/mol. The van der Waals surface area contributed by atoms with Crippen molar-refractivity contribution in [2.24, 2.45) is 11.8 Å². The number of allylic oxidation sites excluding steroid dienone is 1. The Kier molecular flexibility index (Phi) is 8.52. The number of likely N-dealkylation sites (tertiary alicyclic amines) is 1. The Morgan fingerprint density at radius 1 is 1.26 bits per heavy atom. The Balaban J connectivity index is 1.54. The zero-order valence-electron chi connectivity index (χ0n) is 24.5. The van der Waals surface area contributed by atoms with Crippen molar-refractivity contribution < 1.29 is 29.0 Å². The summed E-state index contributed by atoms with van der Waals surface area (Å²) in [6.45, 7) is 11.5. The van der Waals surface area contributed by atoms with Crippen LogP contribution in [-0.2, 0) is 30.5 Å². The van der Waals surface area contributed by atoms with Crippen LogP contribution in [0.25, 0.3) is 11.0 Å². The summed E-state index contributed by atoms with van der Waals surface area (Å²) in [7, 11) is 0. The third-order valence-corrected chi connectivity index (χ3v) is 9.36. The number of rotatable bonds is 14. The minimum Gasteiger partial charge on any atom is -0.465 e. The molecule has 226 valence electrons. The van der Waals surface area contributed by atoms with Crippen molar-refractivity contribution in [3.8, 4) is 0 Å². The van der Waals surface area contributed by atoms with Crippen LogP contribution in [0, 0.1) is 11.8 Å². The summed E-state index contributed by atoms with van der Waals surface area (Å²) in [5, 5.41) is 18.8. The monoisotopic (exact) mass is 579 g/mol. The minimum absolute atomic E-state index is 0.0776. The van der Waals surface area contributed by atoms with Crippen LogP contribution in [0.2, 0.25) is 0 Å². The molecule has 2 aromatic rings. The number of carbonyl (C=O) groups is 3. The van der Waals surface area contributed by atoms with Crippen LogP contribution >= 0.6 is 0 Å². The van der Waals surface area contributed by atoms with Crippen LogP contribution in [0.3, 0.4) is 0 Å². The summed E-state index contributed by atoms with van der Waals surface area (Å²) < 4.78 is 14.1. The number of ether oxygens (including phenoxy) is 2. The summed E-state index contributed by atoms with van der Waals surface area (Å²) in [4.78, 5) is 45.7. The standard InChI is InChI=1S/C31H41N5O6/c1-5-9-12-18-41-29(40)25-24-27(38)36(21(7-3)19-37)26(31(24)16-15-30(25,8-4)42-31)28(39)34(17-6-2)20-35-23-14-11-10-13-22(23)32-33-35/h5-6,10-11,13-14,21,24-26,37H,1-2,7-9,12,15-20H2,3-4H3/t21-,24-,25-,26?,30+,31?/m0/s1. The molecule has 1 aromatic carbocycles. The van der Waals surface area contributed by atoms with E-state index in [1.165, 1.54) is 4.90 Å². The molecule has 6 atom stereocenters. The normalized spacial score (nSPS) is 28.6. The Morgan fingerprint density at radius 2 is 2.05 bits per heavy atom. The van der Waals surface area contributed by atoms with Gasteiger partial charge in [-0.05, 0) is 50.7 Å². The topological polar surface area (TPSA) is 127 Å². The first kappa shape index (κ1) is 29.9. The van der Waals surface area contributed by atoms with Gasteiger partial charge in [-0.25, -0.2) is 4.68 Å². The lowest BCUT2D eigenvalue weighted by molar-refractivity contribution is -0.164. The van der Waals surface area contributed by atoms with Crippen molar-refractivity contribution in [1.29, 1.82) is 0 Å². The summed E-state index contributed by atoms with van der Waals surface area (Å²) in [6.07, 6.45) is 6.64. The molecular formula is C31H41N5O6. The molecule has 1 N–H and O–H groups in total. The van der Waals surface area contributed by atoms with Gasteiger partial charge in [0.25, 0.3) is 0 Å². The molecule has 4 heterocycles. The number of unbranched alkanes of at least 4 members (excludes halogenated alkanes) is 1. The average Bonchev–Trinajstić information content (AvgIpc) is 3.73. The van der Waals surface area contributed by atoms with E-state index in [1.807, 2.05) is 38.1 Å². The second kappa shape index (κ2) is 12.0. The number of nitrogens with zero attached hydrogens (tertiary/aromatic N) is 5. The quantitative estimate of drug-likeness (QED) is 0.206. The van der Waals surface area contributed by atoms with Crippen molar-refractivity contribution in [2.75, 3.05) is 19.8 Å². The zero-order chi connectivity index (χ0) is 30.1. The number of benzene rings is 1.